The zero-order chi connectivity index (χ0) is 20.4. The van der Waals surface area contributed by atoms with Gasteiger partial charge in [-0.25, -0.2) is 4.68 Å². The Bertz CT molecular complexity index is 1130. The smallest absolute Gasteiger partial charge is 0.270 e. The van der Waals surface area contributed by atoms with Gasteiger partial charge < -0.3 is 9.73 Å². The molecule has 2 aromatic heterocycles. The average molecular weight is 385 g/mol. The quantitative estimate of drug-likeness (QED) is 0.511. The van der Waals surface area contributed by atoms with Crippen molar-refractivity contribution in [1.29, 1.82) is 0 Å². The summed E-state index contributed by atoms with van der Waals surface area (Å²) < 4.78 is 7.19. The van der Waals surface area contributed by atoms with Crippen molar-refractivity contribution >= 4 is 5.91 Å². The van der Waals surface area contributed by atoms with Crippen molar-refractivity contribution in [2.75, 3.05) is 0 Å². The summed E-state index contributed by atoms with van der Waals surface area (Å²) in [4.78, 5) is 13.2. The molecule has 0 spiro atoms. The maximum atomic E-state index is 13.2. The second-order valence-electron chi connectivity index (χ2n) is 7.20. The molecule has 0 saturated heterocycles. The molecule has 5 heteroatoms. The fourth-order valence-electron chi connectivity index (χ4n) is 3.41. The first-order valence-electron chi connectivity index (χ1n) is 9.60. The molecule has 0 bridgehead atoms. The number of rotatable bonds is 5. The molecule has 146 valence electrons. The maximum absolute atomic E-state index is 13.2. The molecule has 0 aliphatic heterocycles. The van der Waals surface area contributed by atoms with E-state index in [0.29, 0.717) is 17.1 Å². The van der Waals surface area contributed by atoms with Gasteiger partial charge in [0.25, 0.3) is 5.91 Å². The number of amides is 1. The number of hydrogen-bond donors (Lipinski definition) is 1. The van der Waals surface area contributed by atoms with Gasteiger partial charge in [0.1, 0.15) is 11.4 Å². The van der Waals surface area contributed by atoms with Gasteiger partial charge in [-0.1, -0.05) is 48.0 Å². The fraction of sp³-hybridized carbons (Fsp3) is 0.167. The van der Waals surface area contributed by atoms with Crippen molar-refractivity contribution in [1.82, 2.24) is 15.1 Å². The minimum atomic E-state index is -0.188. The molecule has 29 heavy (non-hydrogen) atoms. The first-order chi connectivity index (χ1) is 14.0. The molecule has 1 N–H and O–H groups in total. The predicted molar refractivity (Wildman–Crippen MR) is 113 cm³/mol. The molecule has 0 saturated carbocycles. The topological polar surface area (TPSA) is 60.1 Å². The minimum Gasteiger partial charge on any atom is -0.463 e. The Morgan fingerprint density at radius 3 is 2.52 bits per heavy atom. The summed E-state index contributed by atoms with van der Waals surface area (Å²) in [5, 5.41) is 7.76. The second kappa shape index (κ2) is 7.80. The summed E-state index contributed by atoms with van der Waals surface area (Å²) in [6.45, 7) is 6.03. The molecule has 5 nitrogen and oxygen atoms in total. The van der Waals surface area contributed by atoms with E-state index in [1.54, 1.807) is 17.0 Å². The average Bonchev–Trinajstić information content (AvgIpc) is 3.38. The van der Waals surface area contributed by atoms with Crippen molar-refractivity contribution in [2.24, 2.45) is 0 Å². The van der Waals surface area contributed by atoms with E-state index in [1.165, 1.54) is 0 Å². The third kappa shape index (κ3) is 3.85. The molecular weight excluding hydrogens is 362 g/mol. The van der Waals surface area contributed by atoms with Crippen LogP contribution < -0.4 is 5.32 Å². The van der Waals surface area contributed by atoms with Crippen molar-refractivity contribution in [3.63, 3.8) is 0 Å². The van der Waals surface area contributed by atoms with E-state index in [4.69, 9.17) is 4.42 Å². The molecular formula is C24H23N3O2. The predicted octanol–water partition coefficient (Wildman–Crippen LogP) is 5.24. The lowest BCUT2D eigenvalue weighted by atomic mass is 10.1. The number of aryl methyl sites for hydroxylation is 2. The molecule has 1 amide bonds. The fourth-order valence-corrected chi connectivity index (χ4v) is 3.41. The van der Waals surface area contributed by atoms with E-state index in [2.05, 4.69) is 16.5 Å². The molecule has 0 unspecified atom stereocenters. The summed E-state index contributed by atoms with van der Waals surface area (Å²) in [5.74, 6) is 0.435. The third-order valence-electron chi connectivity index (χ3n) is 4.94. The molecule has 4 rings (SSSR count). The minimum absolute atomic E-state index is 0.127. The molecule has 0 fully saturated rings. The van der Waals surface area contributed by atoms with Gasteiger partial charge >= 0.3 is 0 Å². The van der Waals surface area contributed by atoms with Gasteiger partial charge in [0.2, 0.25) is 0 Å². The van der Waals surface area contributed by atoms with Crippen LogP contribution in [0.2, 0.25) is 0 Å². The Hall–Kier alpha value is -3.60. The maximum Gasteiger partial charge on any atom is 0.270 e. The zero-order valence-electron chi connectivity index (χ0n) is 16.7. The molecule has 1 atom stereocenters. The van der Waals surface area contributed by atoms with Crippen LogP contribution in [0.25, 0.3) is 17.1 Å². The van der Waals surface area contributed by atoms with Gasteiger partial charge in [0.05, 0.1) is 18.0 Å². The molecule has 2 aromatic carbocycles. The second-order valence-corrected chi connectivity index (χ2v) is 7.20. The highest BCUT2D eigenvalue weighted by Gasteiger charge is 2.21. The monoisotopic (exact) mass is 385 g/mol. The SMILES string of the molecule is Cc1ccc(-n2nc(-c3ccco3)cc2C(=O)N[C@H](C)c2ccccc2)c(C)c1. The summed E-state index contributed by atoms with van der Waals surface area (Å²) in [6.07, 6.45) is 1.60. The number of furan rings is 1. The number of benzene rings is 2. The van der Waals surface area contributed by atoms with Crippen molar-refractivity contribution in [3.05, 3.63) is 95.4 Å². The third-order valence-corrected chi connectivity index (χ3v) is 4.94. The standard InChI is InChI=1S/C24H23N3O2/c1-16-11-12-21(17(2)14-16)27-22(15-20(26-27)23-10-7-13-29-23)24(28)25-18(3)19-8-5-4-6-9-19/h4-15,18H,1-3H3,(H,25,28)/t18-/m1/s1. The normalized spacial score (nSPS) is 12.0. The van der Waals surface area contributed by atoms with Crippen LogP contribution in [0.5, 0.6) is 0 Å². The molecule has 0 radical (unpaired) electrons. The Labute approximate surface area is 170 Å². The van der Waals surface area contributed by atoms with Crippen LogP contribution in [0.4, 0.5) is 0 Å². The number of nitrogens with one attached hydrogen (secondary N) is 1. The highest BCUT2D eigenvalue weighted by atomic mass is 16.3. The van der Waals surface area contributed by atoms with Crippen molar-refractivity contribution in [3.8, 4) is 17.1 Å². The van der Waals surface area contributed by atoms with E-state index >= 15 is 0 Å². The first kappa shape index (κ1) is 18.7. The summed E-state index contributed by atoms with van der Waals surface area (Å²) in [6, 6.07) is 21.3. The van der Waals surface area contributed by atoms with Crippen LogP contribution in [0.3, 0.4) is 0 Å². The molecule has 4 aromatic rings. The van der Waals surface area contributed by atoms with Crippen LogP contribution in [-0.4, -0.2) is 15.7 Å². The number of carbonyl (C=O) groups is 1. The van der Waals surface area contributed by atoms with Crippen molar-refractivity contribution < 1.29 is 9.21 Å². The summed E-state index contributed by atoms with van der Waals surface area (Å²) in [7, 11) is 0. The number of carbonyl (C=O) groups excluding carboxylic acids is 1. The largest absolute Gasteiger partial charge is 0.463 e. The number of nitrogens with zero attached hydrogens (tertiary/aromatic N) is 2. The van der Waals surface area contributed by atoms with Gasteiger partial charge in [-0.05, 0) is 50.1 Å². The Balaban J connectivity index is 1.74. The van der Waals surface area contributed by atoms with Crippen LogP contribution in [0.1, 0.15) is 40.1 Å². The lowest BCUT2D eigenvalue weighted by Gasteiger charge is -2.15. The lowest BCUT2D eigenvalue weighted by Crippen LogP contribution is -2.28. The molecule has 2 heterocycles. The Kier molecular flexibility index (Phi) is 5.04. The summed E-state index contributed by atoms with van der Waals surface area (Å²) >= 11 is 0. The van der Waals surface area contributed by atoms with Gasteiger partial charge in [0, 0.05) is 6.07 Å². The molecule has 0 aliphatic carbocycles. The number of hydrogen-bond acceptors (Lipinski definition) is 3. The van der Waals surface area contributed by atoms with Crippen LogP contribution in [0, 0.1) is 13.8 Å². The first-order valence-corrected chi connectivity index (χ1v) is 9.60. The van der Waals surface area contributed by atoms with Gasteiger partial charge in [-0.15, -0.1) is 0 Å². The van der Waals surface area contributed by atoms with Gasteiger partial charge in [0.15, 0.2) is 5.76 Å². The molecule has 0 aliphatic rings. The van der Waals surface area contributed by atoms with E-state index < -0.39 is 0 Å². The van der Waals surface area contributed by atoms with Gasteiger partial charge in [-0.2, -0.15) is 5.10 Å². The van der Waals surface area contributed by atoms with Crippen LogP contribution in [-0.2, 0) is 0 Å². The van der Waals surface area contributed by atoms with Crippen LogP contribution >= 0.6 is 0 Å². The zero-order valence-corrected chi connectivity index (χ0v) is 16.7. The van der Waals surface area contributed by atoms with E-state index in [9.17, 15) is 4.79 Å². The van der Waals surface area contributed by atoms with Crippen molar-refractivity contribution in [2.45, 2.75) is 26.8 Å². The van der Waals surface area contributed by atoms with E-state index in [1.807, 2.05) is 75.4 Å². The Morgan fingerprint density at radius 2 is 1.83 bits per heavy atom. The van der Waals surface area contributed by atoms with E-state index in [-0.39, 0.29) is 11.9 Å². The highest BCUT2D eigenvalue weighted by molar-refractivity contribution is 5.94. The van der Waals surface area contributed by atoms with Gasteiger partial charge in [-0.3, -0.25) is 4.79 Å². The van der Waals surface area contributed by atoms with E-state index in [0.717, 1.165) is 22.4 Å². The lowest BCUT2D eigenvalue weighted by molar-refractivity contribution is 0.0932. The highest BCUT2D eigenvalue weighted by Crippen LogP contribution is 2.25. The number of aromatic nitrogens is 2. The Morgan fingerprint density at radius 1 is 1.03 bits per heavy atom. The summed E-state index contributed by atoms with van der Waals surface area (Å²) in [5.41, 5.74) is 5.20. The van der Waals surface area contributed by atoms with Crippen LogP contribution in [0.15, 0.2) is 77.4 Å².